The highest BCUT2D eigenvalue weighted by atomic mass is 32.2. The van der Waals surface area contributed by atoms with Crippen LogP contribution in [0.25, 0.3) is 55.8 Å². The van der Waals surface area contributed by atoms with Gasteiger partial charge in [-0.3, -0.25) is 10.1 Å². The van der Waals surface area contributed by atoms with Crippen LogP contribution in [-0.4, -0.2) is 63.8 Å². The smallest absolute Gasteiger partial charge is 0.209 e. The van der Waals surface area contributed by atoms with Crippen LogP contribution in [0.5, 0.6) is 0 Å². The number of imidazole rings is 1. The molecule has 0 spiro atoms. The Morgan fingerprint density at radius 3 is 2.61 bits per heavy atom. The standard InChI is InChI=1S/C29H27FN8O2S/c1-38(2)16-18-9-21(15-31-13-18)19-4-5-25-24(12-19)27(37-36-25)29-34-26-23(6-7-32-28(26)35-29)20-8-17(10-22(30)11-20)14-33-41(3,39)40/h4-13,15,33H,14,16H2,1-3H3,(H,36,37)(H,32,34,35). The van der Waals surface area contributed by atoms with Crippen molar-refractivity contribution in [2.75, 3.05) is 20.4 Å². The molecule has 208 valence electrons. The Hall–Kier alpha value is -4.52. The normalized spacial score (nSPS) is 12.1. The zero-order valence-corrected chi connectivity index (χ0v) is 23.4. The molecule has 3 N–H and O–H groups in total. The van der Waals surface area contributed by atoms with Gasteiger partial charge in [0.05, 0.1) is 17.3 Å². The number of fused-ring (bicyclic) bond motifs is 2. The van der Waals surface area contributed by atoms with Gasteiger partial charge in [0.25, 0.3) is 0 Å². The van der Waals surface area contributed by atoms with Crippen LogP contribution in [-0.2, 0) is 23.1 Å². The van der Waals surface area contributed by atoms with Crippen molar-refractivity contribution in [1.82, 2.24) is 39.8 Å². The molecule has 0 bridgehead atoms. The van der Waals surface area contributed by atoms with E-state index in [0.29, 0.717) is 39.4 Å². The number of hydrogen-bond acceptors (Lipinski definition) is 7. The number of nitrogens with one attached hydrogen (secondary N) is 3. The van der Waals surface area contributed by atoms with E-state index in [1.54, 1.807) is 18.3 Å². The largest absolute Gasteiger partial charge is 0.335 e. The Morgan fingerprint density at radius 1 is 0.976 bits per heavy atom. The van der Waals surface area contributed by atoms with Gasteiger partial charge in [-0.15, -0.1) is 0 Å². The molecule has 0 aliphatic heterocycles. The average Bonchev–Trinajstić information content (AvgIpc) is 3.54. The molecule has 4 heterocycles. The van der Waals surface area contributed by atoms with E-state index in [4.69, 9.17) is 4.98 Å². The van der Waals surface area contributed by atoms with Gasteiger partial charge in [-0.1, -0.05) is 6.07 Å². The minimum absolute atomic E-state index is 0.0266. The Bertz CT molecular complexity index is 2020. The van der Waals surface area contributed by atoms with Crippen molar-refractivity contribution in [3.63, 3.8) is 0 Å². The van der Waals surface area contributed by atoms with E-state index in [0.717, 1.165) is 40.4 Å². The first-order valence-corrected chi connectivity index (χ1v) is 14.7. The van der Waals surface area contributed by atoms with E-state index in [2.05, 4.69) is 46.9 Å². The lowest BCUT2D eigenvalue weighted by Crippen LogP contribution is -2.21. The number of H-pyrrole nitrogens is 2. The summed E-state index contributed by atoms with van der Waals surface area (Å²) in [6, 6.07) is 14.4. The van der Waals surface area contributed by atoms with E-state index in [9.17, 15) is 12.8 Å². The molecule has 0 unspecified atom stereocenters. The molecule has 2 aromatic carbocycles. The van der Waals surface area contributed by atoms with Crippen molar-refractivity contribution in [1.29, 1.82) is 0 Å². The van der Waals surface area contributed by atoms with E-state index in [1.165, 1.54) is 12.1 Å². The van der Waals surface area contributed by atoms with Crippen LogP contribution in [0, 0.1) is 5.82 Å². The summed E-state index contributed by atoms with van der Waals surface area (Å²) in [5, 5.41) is 8.49. The summed E-state index contributed by atoms with van der Waals surface area (Å²) in [5.41, 5.74) is 7.39. The molecule has 6 rings (SSSR count). The predicted octanol–water partition coefficient (Wildman–Crippen LogP) is 4.48. The third-order valence-electron chi connectivity index (χ3n) is 6.61. The van der Waals surface area contributed by atoms with Crippen molar-refractivity contribution >= 4 is 32.1 Å². The highest BCUT2D eigenvalue weighted by Gasteiger charge is 2.17. The first kappa shape index (κ1) is 26.7. The highest BCUT2D eigenvalue weighted by molar-refractivity contribution is 7.88. The Kier molecular flexibility index (Phi) is 6.81. The fourth-order valence-electron chi connectivity index (χ4n) is 4.86. The number of benzene rings is 2. The van der Waals surface area contributed by atoms with Gasteiger partial charge in [-0.25, -0.2) is 27.5 Å². The van der Waals surface area contributed by atoms with Gasteiger partial charge in [-0.2, -0.15) is 5.10 Å². The van der Waals surface area contributed by atoms with Crippen LogP contribution in [0.15, 0.2) is 67.1 Å². The van der Waals surface area contributed by atoms with E-state index >= 15 is 0 Å². The quantitative estimate of drug-likeness (QED) is 0.246. The second-order valence-corrected chi connectivity index (χ2v) is 12.1. The number of hydrogen-bond donors (Lipinski definition) is 3. The Morgan fingerprint density at radius 2 is 1.80 bits per heavy atom. The summed E-state index contributed by atoms with van der Waals surface area (Å²) in [4.78, 5) is 19.0. The lowest BCUT2D eigenvalue weighted by Gasteiger charge is -2.10. The van der Waals surface area contributed by atoms with E-state index in [1.807, 2.05) is 38.6 Å². The molecule has 0 atom stereocenters. The molecular weight excluding hydrogens is 543 g/mol. The van der Waals surface area contributed by atoms with Crippen LogP contribution in [0.4, 0.5) is 4.39 Å². The highest BCUT2D eigenvalue weighted by Crippen LogP contribution is 2.33. The number of nitrogens with zero attached hydrogens (tertiary/aromatic N) is 5. The molecule has 0 fully saturated rings. The third-order valence-corrected chi connectivity index (χ3v) is 7.28. The first-order chi connectivity index (χ1) is 19.6. The zero-order valence-electron chi connectivity index (χ0n) is 22.6. The van der Waals surface area contributed by atoms with Gasteiger partial charge in [-0.05, 0) is 78.8 Å². The van der Waals surface area contributed by atoms with E-state index < -0.39 is 15.8 Å². The van der Waals surface area contributed by atoms with Crippen molar-refractivity contribution in [2.24, 2.45) is 0 Å². The lowest BCUT2D eigenvalue weighted by atomic mass is 10.0. The summed E-state index contributed by atoms with van der Waals surface area (Å²) in [6.07, 6.45) is 6.38. The molecule has 6 aromatic rings. The Labute approximate surface area is 235 Å². The second kappa shape index (κ2) is 10.5. The average molecular weight is 571 g/mol. The predicted molar refractivity (Wildman–Crippen MR) is 157 cm³/mol. The minimum Gasteiger partial charge on any atom is -0.335 e. The molecule has 0 aliphatic carbocycles. The molecule has 4 aromatic heterocycles. The number of halogens is 1. The van der Waals surface area contributed by atoms with Gasteiger partial charge in [0.15, 0.2) is 11.5 Å². The number of aromatic nitrogens is 6. The van der Waals surface area contributed by atoms with Crippen molar-refractivity contribution in [3.05, 3.63) is 84.1 Å². The van der Waals surface area contributed by atoms with Crippen LogP contribution >= 0.6 is 0 Å². The maximum Gasteiger partial charge on any atom is 0.209 e. The van der Waals surface area contributed by atoms with Crippen LogP contribution in [0.3, 0.4) is 0 Å². The maximum absolute atomic E-state index is 14.6. The first-order valence-electron chi connectivity index (χ1n) is 12.8. The maximum atomic E-state index is 14.6. The fourth-order valence-corrected chi connectivity index (χ4v) is 5.29. The molecular formula is C29H27FN8O2S. The van der Waals surface area contributed by atoms with Gasteiger partial charge in [0.2, 0.25) is 10.0 Å². The number of rotatable bonds is 8. The van der Waals surface area contributed by atoms with Gasteiger partial charge >= 0.3 is 0 Å². The summed E-state index contributed by atoms with van der Waals surface area (Å²) in [7, 11) is 0.614. The number of sulfonamides is 1. The molecule has 0 aliphatic rings. The third kappa shape index (κ3) is 5.71. The molecule has 10 nitrogen and oxygen atoms in total. The summed E-state index contributed by atoms with van der Waals surface area (Å²) in [5.74, 6) is 0.0330. The minimum atomic E-state index is -3.43. The molecule has 41 heavy (non-hydrogen) atoms. The van der Waals surface area contributed by atoms with Crippen molar-refractivity contribution < 1.29 is 12.8 Å². The molecule has 0 saturated carbocycles. The molecule has 0 saturated heterocycles. The summed E-state index contributed by atoms with van der Waals surface area (Å²) < 4.78 is 40.1. The van der Waals surface area contributed by atoms with Crippen molar-refractivity contribution in [3.8, 4) is 33.8 Å². The van der Waals surface area contributed by atoms with Crippen LogP contribution in [0.2, 0.25) is 0 Å². The SMILES string of the molecule is CN(C)Cc1cncc(-c2ccc3[nH]nc(-c4nc5nccc(-c6cc(F)cc(CNS(C)(=O)=O)c6)c5[nH]4)c3c2)c1. The molecule has 12 heteroatoms. The molecule has 0 amide bonds. The summed E-state index contributed by atoms with van der Waals surface area (Å²) >= 11 is 0. The van der Waals surface area contributed by atoms with Crippen LogP contribution < -0.4 is 4.72 Å². The topological polar surface area (TPSA) is 133 Å². The number of pyridine rings is 2. The fraction of sp³-hybridized carbons (Fsp3) is 0.172. The van der Waals surface area contributed by atoms with Gasteiger partial charge in [0, 0.05) is 48.2 Å². The van der Waals surface area contributed by atoms with Crippen LogP contribution in [0.1, 0.15) is 11.1 Å². The monoisotopic (exact) mass is 570 g/mol. The zero-order chi connectivity index (χ0) is 28.7. The van der Waals surface area contributed by atoms with Gasteiger partial charge < -0.3 is 9.88 Å². The van der Waals surface area contributed by atoms with Crippen molar-refractivity contribution in [2.45, 2.75) is 13.1 Å². The number of aromatic amines is 2. The second-order valence-electron chi connectivity index (χ2n) is 10.2. The molecule has 0 radical (unpaired) electrons. The Balaban J connectivity index is 1.40. The van der Waals surface area contributed by atoms with E-state index in [-0.39, 0.29) is 6.54 Å². The lowest BCUT2D eigenvalue weighted by molar-refractivity contribution is 0.402. The summed E-state index contributed by atoms with van der Waals surface area (Å²) in [6.45, 7) is 0.761. The van der Waals surface area contributed by atoms with Gasteiger partial charge in [0.1, 0.15) is 11.5 Å².